The van der Waals surface area contributed by atoms with Crippen LogP contribution in [0, 0.1) is 5.82 Å². The predicted octanol–water partition coefficient (Wildman–Crippen LogP) is 3.12. The first-order valence-corrected chi connectivity index (χ1v) is 7.96. The summed E-state index contributed by atoms with van der Waals surface area (Å²) in [7, 11) is 0. The molecule has 1 aromatic rings. The van der Waals surface area contributed by atoms with E-state index in [0.717, 1.165) is 31.6 Å². The van der Waals surface area contributed by atoms with Crippen LogP contribution in [-0.2, 0) is 0 Å². The maximum atomic E-state index is 12.9. The molecular formula is C17H22FN3O. The molecule has 2 amide bonds. The third kappa shape index (κ3) is 3.59. The van der Waals surface area contributed by atoms with Gasteiger partial charge in [-0.25, -0.2) is 9.18 Å². The van der Waals surface area contributed by atoms with E-state index in [9.17, 15) is 9.18 Å². The number of hydrogen-bond acceptors (Lipinski definition) is 2. The Labute approximate surface area is 130 Å². The molecule has 0 atom stereocenters. The summed E-state index contributed by atoms with van der Waals surface area (Å²) in [6.07, 6.45) is 6.58. The molecule has 0 bridgehead atoms. The van der Waals surface area contributed by atoms with Crippen LogP contribution in [0.25, 0.3) is 0 Å². The molecule has 2 fully saturated rings. The van der Waals surface area contributed by atoms with E-state index in [1.807, 2.05) is 11.1 Å². The van der Waals surface area contributed by atoms with Gasteiger partial charge in [0.1, 0.15) is 5.82 Å². The van der Waals surface area contributed by atoms with Crippen molar-refractivity contribution < 1.29 is 9.18 Å². The second-order valence-corrected chi connectivity index (χ2v) is 5.91. The Balaban J connectivity index is 1.49. The van der Waals surface area contributed by atoms with Crippen LogP contribution < -0.4 is 10.2 Å². The Kier molecular flexibility index (Phi) is 4.61. The zero-order valence-corrected chi connectivity index (χ0v) is 12.7. The van der Waals surface area contributed by atoms with Gasteiger partial charge in [-0.15, -0.1) is 0 Å². The normalized spacial score (nSPS) is 18.5. The maximum Gasteiger partial charge on any atom is 0.321 e. The van der Waals surface area contributed by atoms with Gasteiger partial charge in [-0.1, -0.05) is 5.57 Å². The molecule has 3 rings (SSSR count). The molecule has 1 aliphatic carbocycles. The van der Waals surface area contributed by atoms with Crippen LogP contribution in [0.3, 0.4) is 0 Å². The van der Waals surface area contributed by atoms with Gasteiger partial charge in [-0.05, 0) is 49.9 Å². The fraction of sp³-hybridized carbons (Fsp3) is 0.471. The molecular weight excluding hydrogens is 281 g/mol. The van der Waals surface area contributed by atoms with Crippen LogP contribution in [0.4, 0.5) is 14.9 Å². The number of carbonyl (C=O) groups excluding carboxylic acids is 1. The fourth-order valence-corrected chi connectivity index (χ4v) is 3.05. The van der Waals surface area contributed by atoms with Crippen molar-refractivity contribution in [2.45, 2.75) is 25.7 Å². The third-order valence-corrected chi connectivity index (χ3v) is 4.40. The third-order valence-electron chi connectivity index (χ3n) is 4.40. The van der Waals surface area contributed by atoms with Crippen LogP contribution in [0.15, 0.2) is 36.0 Å². The van der Waals surface area contributed by atoms with Crippen LogP contribution in [0.2, 0.25) is 0 Å². The van der Waals surface area contributed by atoms with Crippen molar-refractivity contribution in [1.29, 1.82) is 0 Å². The largest absolute Gasteiger partial charge is 0.368 e. The number of anilines is 1. The molecule has 0 aromatic heterocycles. The molecule has 0 radical (unpaired) electrons. The van der Waals surface area contributed by atoms with Crippen LogP contribution >= 0.6 is 0 Å². The molecule has 4 nitrogen and oxygen atoms in total. The summed E-state index contributed by atoms with van der Waals surface area (Å²) in [5, 5.41) is 2.91. The molecule has 1 heterocycles. The average Bonchev–Trinajstić information content (AvgIpc) is 3.07. The molecule has 0 unspecified atom stereocenters. The van der Waals surface area contributed by atoms with E-state index in [1.54, 1.807) is 12.1 Å². The number of carbonyl (C=O) groups is 1. The summed E-state index contributed by atoms with van der Waals surface area (Å²) < 4.78 is 12.9. The molecule has 1 aromatic carbocycles. The zero-order valence-electron chi connectivity index (χ0n) is 12.7. The highest BCUT2D eigenvalue weighted by molar-refractivity contribution is 5.75. The predicted molar refractivity (Wildman–Crippen MR) is 85.3 cm³/mol. The topological polar surface area (TPSA) is 35.6 Å². The minimum absolute atomic E-state index is 0.0156. The standard InChI is InChI=1S/C17H22FN3O/c18-15-5-7-16(8-6-15)20-9-11-21(12-10-20)17(22)19-13-14-3-1-2-4-14/h5-8,13H,1-4,9-12H2,(H,19,22). The van der Waals surface area contributed by atoms with Crippen molar-refractivity contribution >= 4 is 11.7 Å². The number of allylic oxidation sites excluding steroid dienone is 1. The Hall–Kier alpha value is -2.04. The first-order chi connectivity index (χ1) is 10.7. The lowest BCUT2D eigenvalue weighted by Gasteiger charge is -2.35. The highest BCUT2D eigenvalue weighted by atomic mass is 19.1. The second-order valence-electron chi connectivity index (χ2n) is 5.91. The summed E-state index contributed by atoms with van der Waals surface area (Å²) in [4.78, 5) is 16.2. The Bertz CT molecular complexity index is 540. The molecule has 0 spiro atoms. The van der Waals surface area contributed by atoms with Gasteiger partial charge < -0.3 is 15.1 Å². The van der Waals surface area contributed by atoms with E-state index in [1.165, 1.54) is 30.5 Å². The Morgan fingerprint density at radius 1 is 1.05 bits per heavy atom. The summed E-state index contributed by atoms with van der Waals surface area (Å²) in [6.45, 7) is 2.92. The monoisotopic (exact) mass is 303 g/mol. The van der Waals surface area contributed by atoms with Crippen molar-refractivity contribution in [2.24, 2.45) is 0 Å². The van der Waals surface area contributed by atoms with E-state index in [4.69, 9.17) is 0 Å². The van der Waals surface area contributed by atoms with Gasteiger partial charge in [0.2, 0.25) is 0 Å². The van der Waals surface area contributed by atoms with Gasteiger partial charge in [0.15, 0.2) is 0 Å². The van der Waals surface area contributed by atoms with Gasteiger partial charge >= 0.3 is 6.03 Å². The minimum Gasteiger partial charge on any atom is -0.368 e. The summed E-state index contributed by atoms with van der Waals surface area (Å²) in [5.41, 5.74) is 2.35. The lowest BCUT2D eigenvalue weighted by Crippen LogP contribution is -2.51. The number of rotatable bonds is 2. The number of halogens is 1. The number of amides is 2. The van der Waals surface area contributed by atoms with Crippen molar-refractivity contribution in [3.8, 4) is 0 Å². The summed E-state index contributed by atoms with van der Waals surface area (Å²) >= 11 is 0. The molecule has 1 aliphatic heterocycles. The smallest absolute Gasteiger partial charge is 0.321 e. The number of piperazine rings is 1. The van der Waals surface area contributed by atoms with Gasteiger partial charge in [-0.3, -0.25) is 0 Å². The Morgan fingerprint density at radius 2 is 1.68 bits per heavy atom. The van der Waals surface area contributed by atoms with E-state index in [-0.39, 0.29) is 11.8 Å². The van der Waals surface area contributed by atoms with Gasteiger partial charge in [0.25, 0.3) is 0 Å². The molecule has 5 heteroatoms. The maximum absolute atomic E-state index is 12.9. The number of benzene rings is 1. The summed E-state index contributed by atoms with van der Waals surface area (Å²) in [5.74, 6) is -0.221. The van der Waals surface area contributed by atoms with E-state index >= 15 is 0 Å². The van der Waals surface area contributed by atoms with Crippen molar-refractivity contribution in [2.75, 3.05) is 31.1 Å². The van der Waals surface area contributed by atoms with Crippen LogP contribution in [-0.4, -0.2) is 37.1 Å². The lowest BCUT2D eigenvalue weighted by atomic mass is 10.2. The number of hydrogen-bond donors (Lipinski definition) is 1. The first kappa shape index (κ1) is 14.9. The molecule has 118 valence electrons. The summed E-state index contributed by atoms with van der Waals surface area (Å²) in [6, 6.07) is 6.51. The molecule has 1 N–H and O–H groups in total. The zero-order chi connectivity index (χ0) is 15.4. The average molecular weight is 303 g/mol. The van der Waals surface area contributed by atoms with Gasteiger partial charge in [0, 0.05) is 38.1 Å². The van der Waals surface area contributed by atoms with Gasteiger partial charge in [0.05, 0.1) is 0 Å². The number of nitrogens with one attached hydrogen (secondary N) is 1. The van der Waals surface area contributed by atoms with Crippen molar-refractivity contribution in [3.05, 3.63) is 41.9 Å². The van der Waals surface area contributed by atoms with Crippen LogP contribution in [0.5, 0.6) is 0 Å². The lowest BCUT2D eigenvalue weighted by molar-refractivity contribution is 0.198. The van der Waals surface area contributed by atoms with Crippen molar-refractivity contribution in [3.63, 3.8) is 0 Å². The molecule has 2 aliphatic rings. The first-order valence-electron chi connectivity index (χ1n) is 7.96. The molecule has 1 saturated carbocycles. The van der Waals surface area contributed by atoms with E-state index < -0.39 is 0 Å². The molecule has 22 heavy (non-hydrogen) atoms. The van der Waals surface area contributed by atoms with Crippen LogP contribution in [0.1, 0.15) is 25.7 Å². The molecule has 1 saturated heterocycles. The highest BCUT2D eigenvalue weighted by Gasteiger charge is 2.21. The number of nitrogens with zero attached hydrogens (tertiary/aromatic N) is 2. The van der Waals surface area contributed by atoms with Crippen molar-refractivity contribution in [1.82, 2.24) is 10.2 Å². The fourth-order valence-electron chi connectivity index (χ4n) is 3.05. The van der Waals surface area contributed by atoms with Gasteiger partial charge in [-0.2, -0.15) is 0 Å². The quantitative estimate of drug-likeness (QED) is 0.911. The second kappa shape index (κ2) is 6.81. The van der Waals surface area contributed by atoms with E-state index in [2.05, 4.69) is 10.2 Å². The highest BCUT2D eigenvalue weighted by Crippen LogP contribution is 2.22. The Morgan fingerprint density at radius 3 is 2.32 bits per heavy atom. The number of urea groups is 1. The minimum atomic E-state index is -0.221. The van der Waals surface area contributed by atoms with E-state index in [0.29, 0.717) is 13.1 Å². The SMILES string of the molecule is O=C(NC=C1CCCC1)N1CCN(c2ccc(F)cc2)CC1.